The number of rotatable bonds is 12. The lowest BCUT2D eigenvalue weighted by Gasteiger charge is -2.19. The van der Waals surface area contributed by atoms with Gasteiger partial charge < -0.3 is 9.47 Å². The van der Waals surface area contributed by atoms with E-state index in [1.54, 1.807) is 0 Å². The summed E-state index contributed by atoms with van der Waals surface area (Å²) in [4.78, 5) is 24.8. The Balaban J connectivity index is 3.79. The van der Waals surface area contributed by atoms with Gasteiger partial charge in [-0.25, -0.2) is 4.79 Å². The lowest BCUT2D eigenvalue weighted by molar-refractivity contribution is -0.144. The summed E-state index contributed by atoms with van der Waals surface area (Å²) in [6, 6.07) is 0. The van der Waals surface area contributed by atoms with Crippen LogP contribution in [0.3, 0.4) is 0 Å². The van der Waals surface area contributed by atoms with Gasteiger partial charge in [0.25, 0.3) is 0 Å². The number of likely N-dealkylation sites (N-methyl/N-ethyl adjacent to an activating group) is 1. The minimum absolute atomic E-state index is 0.0313. The average Bonchev–Trinajstić information content (AvgIpc) is 2.48. The van der Waals surface area contributed by atoms with Crippen LogP contribution in [0.2, 0.25) is 0 Å². The quantitative estimate of drug-likeness (QED) is 0.407. The van der Waals surface area contributed by atoms with Gasteiger partial charge in [-0.15, -0.1) is 0 Å². The molecule has 0 saturated heterocycles. The predicted molar refractivity (Wildman–Crippen MR) is 83.2 cm³/mol. The number of nitrogens with zero attached hydrogens (tertiary/aromatic N) is 1. The summed E-state index contributed by atoms with van der Waals surface area (Å²) in [7, 11) is 0. The summed E-state index contributed by atoms with van der Waals surface area (Å²) in [5.41, 5.74) is 0. The lowest BCUT2D eigenvalue weighted by Crippen LogP contribution is -2.37. The van der Waals surface area contributed by atoms with Gasteiger partial charge in [0, 0.05) is 6.54 Å². The first-order chi connectivity index (χ1) is 10.2. The van der Waals surface area contributed by atoms with Crippen LogP contribution in [0, 0.1) is 0 Å². The maximum Gasteiger partial charge on any atom is 0.410 e. The topological polar surface area (TPSA) is 55.8 Å². The van der Waals surface area contributed by atoms with Gasteiger partial charge in [-0.1, -0.05) is 46.0 Å². The van der Waals surface area contributed by atoms with E-state index in [1.165, 1.54) is 24.2 Å². The number of ether oxygens (including phenoxy) is 2. The molecule has 0 rings (SSSR count). The van der Waals surface area contributed by atoms with Crippen molar-refractivity contribution >= 4 is 12.1 Å². The van der Waals surface area contributed by atoms with Crippen LogP contribution >= 0.6 is 0 Å². The summed E-state index contributed by atoms with van der Waals surface area (Å²) >= 11 is 0. The van der Waals surface area contributed by atoms with Gasteiger partial charge in [0.2, 0.25) is 0 Å². The van der Waals surface area contributed by atoms with Crippen molar-refractivity contribution in [3.8, 4) is 0 Å². The average molecular weight is 301 g/mol. The molecule has 21 heavy (non-hydrogen) atoms. The molecule has 5 heteroatoms. The highest BCUT2D eigenvalue weighted by Gasteiger charge is 2.17. The van der Waals surface area contributed by atoms with E-state index in [9.17, 15) is 9.59 Å². The molecule has 0 radical (unpaired) electrons. The number of amides is 1. The van der Waals surface area contributed by atoms with E-state index >= 15 is 0 Å². The molecular formula is C16H31NO4. The molecule has 0 aromatic heterocycles. The van der Waals surface area contributed by atoms with Crippen LogP contribution in [0.15, 0.2) is 0 Å². The molecule has 0 bridgehead atoms. The molecule has 0 fully saturated rings. The van der Waals surface area contributed by atoms with E-state index in [0.717, 1.165) is 25.7 Å². The first-order valence-corrected chi connectivity index (χ1v) is 8.22. The number of carbonyl (C=O) groups is 2. The van der Waals surface area contributed by atoms with Gasteiger partial charge in [-0.2, -0.15) is 0 Å². The molecule has 0 aliphatic carbocycles. The second-order valence-corrected chi connectivity index (χ2v) is 5.12. The Hall–Kier alpha value is -1.26. The normalized spacial score (nSPS) is 10.2. The smallest absolute Gasteiger partial charge is 0.410 e. The molecule has 0 aromatic rings. The maximum atomic E-state index is 11.7. The van der Waals surface area contributed by atoms with Crippen LogP contribution < -0.4 is 0 Å². The van der Waals surface area contributed by atoms with Crippen molar-refractivity contribution in [3.05, 3.63) is 0 Å². The molecule has 0 saturated carbocycles. The van der Waals surface area contributed by atoms with Crippen LogP contribution in [0.4, 0.5) is 4.79 Å². The molecular weight excluding hydrogens is 270 g/mol. The summed E-state index contributed by atoms with van der Waals surface area (Å²) in [5.74, 6) is -0.361. The van der Waals surface area contributed by atoms with Gasteiger partial charge in [-0.3, -0.25) is 9.69 Å². The van der Waals surface area contributed by atoms with E-state index in [1.807, 2.05) is 13.8 Å². The van der Waals surface area contributed by atoms with Gasteiger partial charge in [0.1, 0.15) is 6.54 Å². The van der Waals surface area contributed by atoms with Crippen LogP contribution in [-0.2, 0) is 14.3 Å². The minimum atomic E-state index is -0.439. The van der Waals surface area contributed by atoms with E-state index in [2.05, 4.69) is 6.92 Å². The van der Waals surface area contributed by atoms with E-state index in [4.69, 9.17) is 9.47 Å². The highest BCUT2D eigenvalue weighted by molar-refractivity contribution is 5.78. The molecule has 1 amide bonds. The van der Waals surface area contributed by atoms with Crippen molar-refractivity contribution in [3.63, 3.8) is 0 Å². The van der Waals surface area contributed by atoms with Gasteiger partial charge in [0.15, 0.2) is 0 Å². The molecule has 0 aromatic carbocycles. The summed E-state index contributed by atoms with van der Waals surface area (Å²) in [6.45, 7) is 7.26. The number of hydrogen-bond donors (Lipinski definition) is 0. The minimum Gasteiger partial charge on any atom is -0.464 e. The molecule has 0 atom stereocenters. The van der Waals surface area contributed by atoms with Crippen LogP contribution in [0.5, 0.6) is 0 Å². The Morgan fingerprint density at radius 1 is 0.810 bits per heavy atom. The van der Waals surface area contributed by atoms with Crippen LogP contribution in [-0.4, -0.2) is 43.3 Å². The first-order valence-electron chi connectivity index (χ1n) is 8.22. The molecule has 0 N–H and O–H groups in total. The van der Waals surface area contributed by atoms with Crippen molar-refractivity contribution in [1.82, 2.24) is 4.90 Å². The Morgan fingerprint density at radius 3 is 2.05 bits per heavy atom. The van der Waals surface area contributed by atoms with Crippen molar-refractivity contribution in [2.24, 2.45) is 0 Å². The zero-order valence-electron chi connectivity index (χ0n) is 13.9. The summed E-state index contributed by atoms with van der Waals surface area (Å²) in [6.07, 6.45) is 6.94. The third-order valence-electron chi connectivity index (χ3n) is 3.19. The molecule has 0 aliphatic rings. The summed E-state index contributed by atoms with van der Waals surface area (Å²) < 4.78 is 10.2. The molecule has 0 aliphatic heterocycles. The Bertz CT molecular complexity index is 281. The second kappa shape index (κ2) is 13.7. The highest BCUT2D eigenvalue weighted by Crippen LogP contribution is 2.03. The fourth-order valence-corrected chi connectivity index (χ4v) is 1.79. The monoisotopic (exact) mass is 301 g/mol. The van der Waals surface area contributed by atoms with Gasteiger partial charge in [-0.05, 0) is 19.8 Å². The van der Waals surface area contributed by atoms with Crippen molar-refractivity contribution in [2.45, 2.75) is 65.7 Å². The van der Waals surface area contributed by atoms with Crippen LogP contribution in [0.25, 0.3) is 0 Å². The Morgan fingerprint density at radius 2 is 1.43 bits per heavy atom. The zero-order chi connectivity index (χ0) is 15.9. The highest BCUT2D eigenvalue weighted by atomic mass is 16.6. The van der Waals surface area contributed by atoms with Gasteiger partial charge >= 0.3 is 12.1 Å². The number of esters is 1. The summed E-state index contributed by atoms with van der Waals surface area (Å²) in [5, 5.41) is 0. The third-order valence-corrected chi connectivity index (χ3v) is 3.19. The van der Waals surface area contributed by atoms with E-state index in [0.29, 0.717) is 19.8 Å². The zero-order valence-corrected chi connectivity index (χ0v) is 13.9. The van der Waals surface area contributed by atoms with E-state index in [-0.39, 0.29) is 12.5 Å². The SMILES string of the molecule is CCCCCCCOC(=O)CN(CC)C(=O)OCCCC. The van der Waals surface area contributed by atoms with Crippen molar-refractivity contribution in [1.29, 1.82) is 0 Å². The fraction of sp³-hybridized carbons (Fsp3) is 0.875. The molecule has 5 nitrogen and oxygen atoms in total. The standard InChI is InChI=1S/C16H31NO4/c1-4-7-9-10-11-13-20-15(18)14-17(6-3)16(19)21-12-8-5-2/h4-14H2,1-3H3. The number of carbonyl (C=O) groups excluding carboxylic acids is 2. The first kappa shape index (κ1) is 19.7. The largest absolute Gasteiger partial charge is 0.464 e. The Labute approximate surface area is 129 Å². The third kappa shape index (κ3) is 11.1. The molecule has 0 heterocycles. The van der Waals surface area contributed by atoms with Crippen LogP contribution in [0.1, 0.15) is 65.7 Å². The predicted octanol–water partition coefficient (Wildman–Crippen LogP) is 3.76. The fourth-order valence-electron chi connectivity index (χ4n) is 1.79. The number of hydrogen-bond acceptors (Lipinski definition) is 4. The second-order valence-electron chi connectivity index (χ2n) is 5.12. The van der Waals surface area contributed by atoms with E-state index < -0.39 is 6.09 Å². The lowest BCUT2D eigenvalue weighted by atomic mass is 10.2. The van der Waals surface area contributed by atoms with Gasteiger partial charge in [0.05, 0.1) is 13.2 Å². The Kier molecular flexibility index (Phi) is 12.9. The maximum absolute atomic E-state index is 11.7. The van der Waals surface area contributed by atoms with Crippen molar-refractivity contribution in [2.75, 3.05) is 26.3 Å². The number of unbranched alkanes of at least 4 members (excludes halogenated alkanes) is 5. The molecule has 0 unspecified atom stereocenters. The van der Waals surface area contributed by atoms with Crippen molar-refractivity contribution < 1.29 is 19.1 Å². The molecule has 124 valence electrons. The molecule has 0 spiro atoms.